The van der Waals surface area contributed by atoms with Crippen LogP contribution in [0, 0.1) is 11.8 Å². The number of aliphatic hydroxyl groups is 3. The van der Waals surface area contributed by atoms with Gasteiger partial charge in [0.25, 0.3) is 5.91 Å². The van der Waals surface area contributed by atoms with Crippen molar-refractivity contribution in [2.24, 2.45) is 17.6 Å². The van der Waals surface area contributed by atoms with Crippen LogP contribution in [0.15, 0.2) is 53.3 Å². The fraction of sp³-hybridized carbons (Fsp3) is 0.375. The first-order valence-corrected chi connectivity index (χ1v) is 14.1. The monoisotopic (exact) mass is 605 g/mol. The van der Waals surface area contributed by atoms with Gasteiger partial charge < -0.3 is 30.9 Å². The molecule has 2 aromatic rings. The predicted octanol–water partition coefficient (Wildman–Crippen LogP) is 2.98. The van der Waals surface area contributed by atoms with Crippen molar-refractivity contribution >= 4 is 35.0 Å². The van der Waals surface area contributed by atoms with Gasteiger partial charge in [-0.2, -0.15) is 0 Å². The SMILES string of the molecule is CN(C)C1C(=O)C(C(N)=O)=C(O)C2(O)C(=O)C3=C(O)c4c(O)ccc(-c5ccc(NC(=O)OC(C)(C)C)cc5)c4CC3CC12. The van der Waals surface area contributed by atoms with E-state index in [1.54, 1.807) is 65.2 Å². The molecule has 1 fully saturated rings. The number of carbonyl (C=O) groups is 4. The molecule has 0 spiro atoms. The number of primary amides is 1. The van der Waals surface area contributed by atoms with Gasteiger partial charge in [-0.05, 0) is 88.5 Å². The van der Waals surface area contributed by atoms with E-state index in [2.05, 4.69) is 5.32 Å². The minimum atomic E-state index is -2.70. The van der Waals surface area contributed by atoms with Crippen LogP contribution in [0.4, 0.5) is 10.5 Å². The van der Waals surface area contributed by atoms with Crippen molar-refractivity contribution < 1.29 is 44.3 Å². The molecule has 3 aliphatic carbocycles. The van der Waals surface area contributed by atoms with E-state index in [0.29, 0.717) is 22.4 Å². The lowest BCUT2D eigenvalue weighted by Gasteiger charge is -2.50. The lowest BCUT2D eigenvalue weighted by Crippen LogP contribution is -2.65. The number of phenolic OH excluding ortho intramolecular Hbond substituents is 1. The number of amides is 2. The number of aromatic hydroxyl groups is 1. The Labute approximate surface area is 253 Å². The number of carbonyl (C=O) groups excluding carboxylic acids is 4. The molecule has 0 aromatic heterocycles. The zero-order valence-corrected chi connectivity index (χ0v) is 25.0. The highest BCUT2D eigenvalue weighted by molar-refractivity contribution is 6.24. The van der Waals surface area contributed by atoms with Crippen molar-refractivity contribution in [2.45, 2.75) is 50.9 Å². The fourth-order valence-electron chi connectivity index (χ4n) is 6.67. The van der Waals surface area contributed by atoms with Gasteiger partial charge in [-0.1, -0.05) is 18.2 Å². The first kappa shape index (κ1) is 30.8. The number of Topliss-reactive ketones (excluding diaryl/α,β-unsaturated/α-hetero) is 2. The third-order valence-corrected chi connectivity index (χ3v) is 8.45. The van der Waals surface area contributed by atoms with E-state index in [1.807, 2.05) is 0 Å². The largest absolute Gasteiger partial charge is 0.508 e. The Hall–Kier alpha value is -4.68. The van der Waals surface area contributed by atoms with Crippen molar-refractivity contribution in [3.63, 3.8) is 0 Å². The minimum absolute atomic E-state index is 0.00486. The number of benzene rings is 2. The maximum absolute atomic E-state index is 14.0. The number of ketones is 2. The number of likely N-dealkylation sites (N-methyl/N-ethyl adjacent to an activating group) is 1. The zero-order chi connectivity index (χ0) is 32.5. The van der Waals surface area contributed by atoms with Gasteiger partial charge in [-0.15, -0.1) is 0 Å². The molecule has 1 saturated carbocycles. The average Bonchev–Trinajstić information content (AvgIpc) is 2.90. The second kappa shape index (κ2) is 10.5. The van der Waals surface area contributed by atoms with Crippen molar-refractivity contribution in [3.05, 3.63) is 64.4 Å². The van der Waals surface area contributed by atoms with Gasteiger partial charge in [-0.25, -0.2) is 4.79 Å². The molecule has 5 rings (SSSR count). The Morgan fingerprint density at radius 3 is 2.25 bits per heavy atom. The summed E-state index contributed by atoms with van der Waals surface area (Å²) in [5, 5.41) is 47.7. The number of nitrogens with zero attached hydrogens (tertiary/aromatic N) is 1. The molecular weight excluding hydrogens is 570 g/mol. The molecule has 2 amide bonds. The maximum atomic E-state index is 14.0. The number of ether oxygens (including phenoxy) is 1. The van der Waals surface area contributed by atoms with Crippen LogP contribution in [0.1, 0.15) is 38.3 Å². The lowest BCUT2D eigenvalue weighted by atomic mass is 9.57. The number of nitrogens with one attached hydrogen (secondary N) is 1. The normalized spacial score (nSPS) is 24.9. The third kappa shape index (κ3) is 4.80. The van der Waals surface area contributed by atoms with Gasteiger partial charge in [0.05, 0.1) is 11.6 Å². The Morgan fingerprint density at radius 1 is 1.05 bits per heavy atom. The minimum Gasteiger partial charge on any atom is -0.508 e. The van der Waals surface area contributed by atoms with Crippen LogP contribution in [-0.2, 0) is 25.5 Å². The van der Waals surface area contributed by atoms with Gasteiger partial charge in [0, 0.05) is 17.2 Å². The highest BCUT2D eigenvalue weighted by atomic mass is 16.6. The summed E-state index contributed by atoms with van der Waals surface area (Å²) in [6.07, 6.45) is -0.478. The second-order valence-electron chi connectivity index (χ2n) is 12.7. The number of anilines is 1. The second-order valence-corrected chi connectivity index (χ2v) is 12.7. The van der Waals surface area contributed by atoms with Crippen LogP contribution in [0.25, 0.3) is 16.9 Å². The van der Waals surface area contributed by atoms with E-state index in [9.17, 15) is 39.6 Å². The van der Waals surface area contributed by atoms with Crippen molar-refractivity contribution in [1.82, 2.24) is 4.90 Å². The molecule has 0 saturated heterocycles. The van der Waals surface area contributed by atoms with E-state index in [-0.39, 0.29) is 29.7 Å². The molecule has 232 valence electrons. The Kier molecular flexibility index (Phi) is 7.34. The molecule has 12 nitrogen and oxygen atoms in total. The highest BCUT2D eigenvalue weighted by Gasteiger charge is 2.64. The molecule has 0 radical (unpaired) electrons. The summed E-state index contributed by atoms with van der Waals surface area (Å²) >= 11 is 0. The summed E-state index contributed by atoms with van der Waals surface area (Å²) < 4.78 is 5.29. The summed E-state index contributed by atoms with van der Waals surface area (Å²) in [6.45, 7) is 5.26. The first-order valence-electron chi connectivity index (χ1n) is 14.1. The van der Waals surface area contributed by atoms with Crippen molar-refractivity contribution in [3.8, 4) is 16.9 Å². The Balaban J connectivity index is 1.58. The van der Waals surface area contributed by atoms with Crippen LogP contribution >= 0.6 is 0 Å². The van der Waals surface area contributed by atoms with Crippen LogP contribution in [0.3, 0.4) is 0 Å². The third-order valence-electron chi connectivity index (χ3n) is 8.45. The summed E-state index contributed by atoms with van der Waals surface area (Å²) in [6, 6.07) is 8.71. The molecule has 2 aromatic carbocycles. The number of aliphatic hydroxyl groups excluding tert-OH is 2. The van der Waals surface area contributed by atoms with E-state index >= 15 is 0 Å². The number of fused-ring (bicyclic) bond motifs is 3. The topological polar surface area (TPSA) is 200 Å². The number of rotatable bonds is 4. The van der Waals surface area contributed by atoms with Crippen LogP contribution in [-0.4, -0.2) is 80.2 Å². The summed E-state index contributed by atoms with van der Waals surface area (Å²) in [7, 11) is 3.09. The number of hydrogen-bond donors (Lipinski definition) is 6. The van der Waals surface area contributed by atoms with E-state index in [4.69, 9.17) is 10.5 Å². The Bertz CT molecular complexity index is 1670. The predicted molar refractivity (Wildman–Crippen MR) is 160 cm³/mol. The molecule has 0 heterocycles. The van der Waals surface area contributed by atoms with Gasteiger partial charge in [0.2, 0.25) is 5.78 Å². The molecule has 3 aliphatic rings. The Morgan fingerprint density at radius 2 is 1.68 bits per heavy atom. The average molecular weight is 606 g/mol. The highest BCUT2D eigenvalue weighted by Crippen LogP contribution is 2.53. The number of nitrogens with two attached hydrogens (primary N) is 1. The zero-order valence-electron chi connectivity index (χ0n) is 25.0. The first-order chi connectivity index (χ1) is 20.5. The molecule has 44 heavy (non-hydrogen) atoms. The molecule has 7 N–H and O–H groups in total. The fourth-order valence-corrected chi connectivity index (χ4v) is 6.67. The van der Waals surface area contributed by atoms with Crippen LogP contribution < -0.4 is 11.1 Å². The van der Waals surface area contributed by atoms with Gasteiger partial charge >= 0.3 is 6.09 Å². The summed E-state index contributed by atoms with van der Waals surface area (Å²) in [5.41, 5.74) is 3.26. The smallest absolute Gasteiger partial charge is 0.412 e. The van der Waals surface area contributed by atoms with Gasteiger partial charge in [0.1, 0.15) is 28.4 Å². The number of phenols is 1. The number of hydrogen-bond acceptors (Lipinski definition) is 10. The van der Waals surface area contributed by atoms with Gasteiger partial charge in [0.15, 0.2) is 11.4 Å². The van der Waals surface area contributed by atoms with E-state index in [0.717, 1.165) is 0 Å². The van der Waals surface area contributed by atoms with Crippen LogP contribution in [0.5, 0.6) is 5.75 Å². The molecule has 4 atom stereocenters. The van der Waals surface area contributed by atoms with Crippen molar-refractivity contribution in [1.29, 1.82) is 0 Å². The van der Waals surface area contributed by atoms with Crippen LogP contribution in [0.2, 0.25) is 0 Å². The molecule has 4 unspecified atom stereocenters. The standard InChI is InChI=1S/C32H35N3O9/c1-31(2,3)44-30(42)34-16-8-6-14(7-9-16)17-10-11-20(36)22-18(17)12-15-13-19-24(35(4)5)26(38)23(29(33)41)28(40)32(19,43)27(39)21(15)25(22)37/h6-11,15,19,24,36-37,40,43H,12-13H2,1-5H3,(H2,33,41)(H,34,42). The summed E-state index contributed by atoms with van der Waals surface area (Å²) in [5.74, 6) is -7.04. The maximum Gasteiger partial charge on any atom is 0.412 e. The molecule has 0 bridgehead atoms. The van der Waals surface area contributed by atoms with Crippen molar-refractivity contribution in [2.75, 3.05) is 19.4 Å². The van der Waals surface area contributed by atoms with Gasteiger partial charge in [-0.3, -0.25) is 24.6 Å². The quantitative estimate of drug-likeness (QED) is 0.282. The molecule has 0 aliphatic heterocycles. The summed E-state index contributed by atoms with van der Waals surface area (Å²) in [4.78, 5) is 53.1. The van der Waals surface area contributed by atoms with E-state index in [1.165, 1.54) is 11.0 Å². The molecular formula is C32H35N3O9. The lowest BCUT2D eigenvalue weighted by molar-refractivity contribution is -0.153. The van der Waals surface area contributed by atoms with E-state index < -0.39 is 69.7 Å². The molecule has 12 heteroatoms.